The molecule has 2 aliphatic rings. The molecule has 0 radical (unpaired) electrons. The van der Waals surface area contributed by atoms with E-state index >= 15 is 0 Å². The summed E-state index contributed by atoms with van der Waals surface area (Å²) in [6, 6.07) is 13.6. The summed E-state index contributed by atoms with van der Waals surface area (Å²) >= 11 is 0. The van der Waals surface area contributed by atoms with Crippen molar-refractivity contribution in [1.82, 2.24) is 15.8 Å². The van der Waals surface area contributed by atoms with Crippen LogP contribution in [0.1, 0.15) is 43.2 Å². The van der Waals surface area contributed by atoms with E-state index < -0.39 is 0 Å². The third-order valence-electron chi connectivity index (χ3n) is 6.05. The predicted molar refractivity (Wildman–Crippen MR) is 122 cm³/mol. The Morgan fingerprint density at radius 2 is 1.93 bits per heavy atom. The largest absolute Gasteiger partial charge is 0.490 e. The zero-order chi connectivity index (χ0) is 18.6. The SMILES string of the molecule is CC1NNC2CCC(c3cncc(OC[C@@H](N)Cc4ccccc4)c3)CC12.Cl.Cl. The highest BCUT2D eigenvalue weighted by Crippen LogP contribution is 2.39. The Morgan fingerprint density at radius 3 is 2.72 bits per heavy atom. The Morgan fingerprint density at radius 1 is 1.14 bits per heavy atom. The standard InChI is InChI=1S/C22H30N4O.2ClH/c1-15-21-11-17(7-8-22(21)26-25-15)18-10-20(13-24-12-18)27-14-19(23)9-16-5-3-2-4-6-16;;/h2-6,10,12-13,15,17,19,21-22,25-26H,7-9,11,14,23H2,1H3;2*1H/t15?,17?,19-,21?,22?;;/m0../s1. The molecule has 2 aromatic rings. The van der Waals surface area contributed by atoms with Crippen LogP contribution in [0.3, 0.4) is 0 Å². The number of fused-ring (bicyclic) bond motifs is 1. The van der Waals surface area contributed by atoms with Crippen LogP contribution in [0.2, 0.25) is 0 Å². The second kappa shape index (κ2) is 11.1. The van der Waals surface area contributed by atoms with Crippen LogP contribution in [0, 0.1) is 5.92 Å². The van der Waals surface area contributed by atoms with Gasteiger partial charge in [0.15, 0.2) is 0 Å². The van der Waals surface area contributed by atoms with Crippen LogP contribution >= 0.6 is 24.8 Å². The molecule has 4 rings (SSSR count). The maximum absolute atomic E-state index is 6.25. The lowest BCUT2D eigenvalue weighted by Gasteiger charge is -2.32. The summed E-state index contributed by atoms with van der Waals surface area (Å²) in [5, 5.41) is 0. The lowest BCUT2D eigenvalue weighted by atomic mass is 9.74. The molecule has 4 unspecified atom stereocenters. The van der Waals surface area contributed by atoms with E-state index in [4.69, 9.17) is 10.5 Å². The summed E-state index contributed by atoms with van der Waals surface area (Å²) in [7, 11) is 0. The first-order chi connectivity index (χ1) is 13.2. The van der Waals surface area contributed by atoms with Gasteiger partial charge in [-0.25, -0.2) is 0 Å². The molecular weight excluding hydrogens is 407 g/mol. The van der Waals surface area contributed by atoms with Crippen molar-refractivity contribution in [2.45, 2.75) is 56.7 Å². The normalized spacial score (nSPS) is 26.6. The van der Waals surface area contributed by atoms with E-state index in [-0.39, 0.29) is 30.9 Å². The van der Waals surface area contributed by atoms with E-state index in [9.17, 15) is 0 Å². The van der Waals surface area contributed by atoms with Crippen LogP contribution < -0.4 is 21.3 Å². The van der Waals surface area contributed by atoms with E-state index in [0.29, 0.717) is 30.5 Å². The molecule has 0 amide bonds. The quantitative estimate of drug-likeness (QED) is 0.641. The third-order valence-corrected chi connectivity index (χ3v) is 6.05. The number of benzene rings is 1. The van der Waals surface area contributed by atoms with Crippen LogP contribution in [0.15, 0.2) is 48.8 Å². The van der Waals surface area contributed by atoms with Crippen molar-refractivity contribution < 1.29 is 4.74 Å². The van der Waals surface area contributed by atoms with E-state index in [0.717, 1.165) is 12.2 Å². The number of nitrogens with two attached hydrogens (primary N) is 1. The van der Waals surface area contributed by atoms with Gasteiger partial charge in [0.1, 0.15) is 12.4 Å². The molecule has 1 saturated heterocycles. The molecule has 1 aromatic carbocycles. The Balaban J connectivity index is 0.00000150. The second-order valence-corrected chi connectivity index (χ2v) is 8.07. The van der Waals surface area contributed by atoms with Gasteiger partial charge in [0.2, 0.25) is 0 Å². The van der Waals surface area contributed by atoms with Gasteiger partial charge < -0.3 is 10.5 Å². The molecule has 7 heteroatoms. The van der Waals surface area contributed by atoms with Crippen LogP contribution in [0.4, 0.5) is 0 Å². The molecule has 5 atom stereocenters. The molecule has 0 bridgehead atoms. The van der Waals surface area contributed by atoms with Gasteiger partial charge in [-0.05, 0) is 61.6 Å². The van der Waals surface area contributed by atoms with Crippen LogP contribution in [0.5, 0.6) is 5.75 Å². The zero-order valence-corrected chi connectivity index (χ0v) is 18.4. The van der Waals surface area contributed by atoms with Gasteiger partial charge >= 0.3 is 0 Å². The van der Waals surface area contributed by atoms with Gasteiger partial charge in [-0.3, -0.25) is 15.8 Å². The lowest BCUT2D eigenvalue weighted by molar-refractivity contribution is 0.276. The molecule has 1 saturated carbocycles. The fourth-order valence-corrected chi connectivity index (χ4v) is 4.50. The molecule has 160 valence electrons. The number of hydrogen-bond acceptors (Lipinski definition) is 5. The molecule has 2 heterocycles. The van der Waals surface area contributed by atoms with Crippen LogP contribution in [0.25, 0.3) is 0 Å². The van der Waals surface area contributed by atoms with E-state index in [1.807, 2.05) is 24.4 Å². The fraction of sp³-hybridized carbons (Fsp3) is 0.500. The number of ether oxygens (including phenoxy) is 1. The van der Waals surface area contributed by atoms with Crippen molar-refractivity contribution in [1.29, 1.82) is 0 Å². The summed E-state index contributed by atoms with van der Waals surface area (Å²) in [6.07, 6.45) is 8.22. The highest BCUT2D eigenvalue weighted by Gasteiger charge is 2.38. The maximum Gasteiger partial charge on any atom is 0.137 e. The maximum atomic E-state index is 6.25. The average molecular weight is 439 g/mol. The Bertz CT molecular complexity index is 749. The minimum Gasteiger partial charge on any atom is -0.490 e. The third kappa shape index (κ3) is 6.06. The number of hydrogen-bond donors (Lipinski definition) is 3. The molecule has 0 spiro atoms. The first kappa shape index (κ1) is 23.9. The smallest absolute Gasteiger partial charge is 0.137 e. The average Bonchev–Trinajstić information content (AvgIpc) is 3.08. The van der Waals surface area contributed by atoms with Gasteiger partial charge in [0.25, 0.3) is 0 Å². The molecule has 2 fully saturated rings. The zero-order valence-electron chi connectivity index (χ0n) is 16.8. The molecule has 1 aliphatic carbocycles. The monoisotopic (exact) mass is 438 g/mol. The van der Waals surface area contributed by atoms with Crippen molar-refractivity contribution in [3.8, 4) is 5.75 Å². The topological polar surface area (TPSA) is 72.2 Å². The Kier molecular flexibility index (Phi) is 9.18. The van der Waals surface area contributed by atoms with Crippen molar-refractivity contribution in [2.24, 2.45) is 11.7 Å². The molecule has 1 aliphatic heterocycles. The van der Waals surface area contributed by atoms with Gasteiger partial charge in [-0.2, -0.15) is 0 Å². The Hall–Kier alpha value is -1.37. The van der Waals surface area contributed by atoms with Gasteiger partial charge in [0, 0.05) is 24.3 Å². The summed E-state index contributed by atoms with van der Waals surface area (Å²) in [4.78, 5) is 4.43. The van der Waals surface area contributed by atoms with Crippen molar-refractivity contribution in [3.05, 3.63) is 59.9 Å². The number of nitrogens with one attached hydrogen (secondary N) is 2. The second-order valence-electron chi connectivity index (χ2n) is 8.07. The van der Waals surface area contributed by atoms with Gasteiger partial charge in [0.05, 0.1) is 6.20 Å². The lowest BCUT2D eigenvalue weighted by Crippen LogP contribution is -2.34. The number of hydrazine groups is 1. The van der Waals surface area contributed by atoms with E-state index in [2.05, 4.69) is 41.0 Å². The molecular formula is C22H32Cl2N4O. The predicted octanol–water partition coefficient (Wildman–Crippen LogP) is 3.62. The first-order valence-electron chi connectivity index (χ1n) is 10.1. The van der Waals surface area contributed by atoms with Crippen LogP contribution in [-0.2, 0) is 6.42 Å². The summed E-state index contributed by atoms with van der Waals surface area (Å²) < 4.78 is 5.97. The first-order valence-corrected chi connectivity index (χ1v) is 10.1. The number of nitrogens with zero attached hydrogens (tertiary/aromatic N) is 1. The molecule has 1 aromatic heterocycles. The van der Waals surface area contributed by atoms with Gasteiger partial charge in [-0.15, -0.1) is 24.8 Å². The van der Waals surface area contributed by atoms with E-state index in [1.54, 1.807) is 6.20 Å². The van der Waals surface area contributed by atoms with Gasteiger partial charge in [-0.1, -0.05) is 30.3 Å². The highest BCUT2D eigenvalue weighted by molar-refractivity contribution is 5.85. The minimum absolute atomic E-state index is 0. The van der Waals surface area contributed by atoms with Crippen molar-refractivity contribution in [2.75, 3.05) is 6.61 Å². The number of pyridine rings is 1. The van der Waals surface area contributed by atoms with Crippen molar-refractivity contribution >= 4 is 24.8 Å². The Labute approximate surface area is 186 Å². The number of halogens is 2. The summed E-state index contributed by atoms with van der Waals surface area (Å²) in [5.41, 5.74) is 15.6. The van der Waals surface area contributed by atoms with Crippen LogP contribution in [-0.4, -0.2) is 29.7 Å². The minimum atomic E-state index is -0.0250. The van der Waals surface area contributed by atoms with Crippen molar-refractivity contribution in [3.63, 3.8) is 0 Å². The fourth-order valence-electron chi connectivity index (χ4n) is 4.50. The number of rotatable bonds is 6. The number of aromatic nitrogens is 1. The summed E-state index contributed by atoms with van der Waals surface area (Å²) in [5.74, 6) is 2.07. The molecule has 29 heavy (non-hydrogen) atoms. The highest BCUT2D eigenvalue weighted by atomic mass is 35.5. The molecule has 5 nitrogen and oxygen atoms in total. The van der Waals surface area contributed by atoms with E-state index in [1.165, 1.54) is 30.4 Å². The molecule has 4 N–H and O–H groups in total. The summed E-state index contributed by atoms with van der Waals surface area (Å²) in [6.45, 7) is 2.77.